The van der Waals surface area contributed by atoms with Crippen LogP contribution in [0, 0.1) is 5.82 Å². The third-order valence-electron chi connectivity index (χ3n) is 2.55. The van der Waals surface area contributed by atoms with Crippen LogP contribution in [0.1, 0.15) is 17.2 Å². The number of benzene rings is 1. The Bertz CT molecular complexity index is 590. The topological polar surface area (TPSA) is 64.9 Å². The van der Waals surface area contributed by atoms with Gasteiger partial charge < -0.3 is 11.5 Å². The predicted molar refractivity (Wildman–Crippen MR) is 71.1 cm³/mol. The molecule has 0 fully saturated rings. The molecule has 0 aliphatic rings. The number of anilines is 1. The van der Waals surface area contributed by atoms with Gasteiger partial charge >= 0.3 is 0 Å². The van der Waals surface area contributed by atoms with Gasteiger partial charge in [0.1, 0.15) is 11.6 Å². The van der Waals surface area contributed by atoms with E-state index in [1.54, 1.807) is 12.1 Å². The Morgan fingerprint density at radius 3 is 2.61 bits per heavy atom. The Morgan fingerprint density at radius 2 is 1.94 bits per heavy atom. The number of halogens is 3. The molecule has 2 rings (SSSR count). The highest BCUT2D eigenvalue weighted by atomic mass is 35.5. The van der Waals surface area contributed by atoms with Gasteiger partial charge in [-0.3, -0.25) is 0 Å². The molecule has 4 N–H and O–H groups in total. The molecule has 3 nitrogen and oxygen atoms in total. The number of nitrogens with two attached hydrogens (primary N) is 2. The van der Waals surface area contributed by atoms with E-state index in [1.807, 2.05) is 0 Å². The molecule has 1 heterocycles. The molecular formula is C12H10Cl2FN3. The molecule has 0 amide bonds. The molecule has 0 aliphatic carbocycles. The Labute approximate surface area is 114 Å². The minimum Gasteiger partial charge on any atom is -0.383 e. The number of pyridine rings is 1. The van der Waals surface area contributed by atoms with Crippen molar-refractivity contribution >= 4 is 29.0 Å². The predicted octanol–water partition coefficient (Wildman–Crippen LogP) is 3.16. The fourth-order valence-corrected chi connectivity index (χ4v) is 1.96. The first kappa shape index (κ1) is 13.1. The van der Waals surface area contributed by atoms with Gasteiger partial charge in [0.15, 0.2) is 0 Å². The fourth-order valence-electron chi connectivity index (χ4n) is 1.60. The molecule has 1 aromatic heterocycles. The van der Waals surface area contributed by atoms with Crippen LogP contribution in [-0.4, -0.2) is 4.98 Å². The molecule has 1 aromatic carbocycles. The quantitative estimate of drug-likeness (QED) is 0.891. The van der Waals surface area contributed by atoms with E-state index >= 15 is 0 Å². The average Bonchev–Trinajstić information content (AvgIpc) is 2.35. The smallest absolute Gasteiger partial charge is 0.141 e. The first-order valence-electron chi connectivity index (χ1n) is 5.10. The minimum absolute atomic E-state index is 0.0107. The molecule has 0 aliphatic heterocycles. The second kappa shape index (κ2) is 5.10. The van der Waals surface area contributed by atoms with Crippen molar-refractivity contribution in [2.75, 3.05) is 5.73 Å². The lowest BCUT2D eigenvalue weighted by Gasteiger charge is -2.15. The monoisotopic (exact) mass is 285 g/mol. The SMILES string of the molecule is Nc1ncc(Cl)cc1C(N)c1ccc(F)c(Cl)c1. The number of hydrogen-bond donors (Lipinski definition) is 2. The lowest BCUT2D eigenvalue weighted by atomic mass is 10.0. The molecular weight excluding hydrogens is 276 g/mol. The summed E-state index contributed by atoms with van der Waals surface area (Å²) in [6.07, 6.45) is 1.44. The average molecular weight is 286 g/mol. The van der Waals surface area contributed by atoms with E-state index in [2.05, 4.69) is 4.98 Å². The van der Waals surface area contributed by atoms with Crippen LogP contribution in [0.15, 0.2) is 30.5 Å². The van der Waals surface area contributed by atoms with Crippen LogP contribution in [0.4, 0.5) is 10.2 Å². The van der Waals surface area contributed by atoms with Gasteiger partial charge in [-0.05, 0) is 23.8 Å². The lowest BCUT2D eigenvalue weighted by molar-refractivity contribution is 0.627. The Kier molecular flexibility index (Phi) is 3.71. The van der Waals surface area contributed by atoms with Crippen molar-refractivity contribution < 1.29 is 4.39 Å². The van der Waals surface area contributed by atoms with Crippen LogP contribution < -0.4 is 11.5 Å². The number of nitrogens with zero attached hydrogens (tertiary/aromatic N) is 1. The van der Waals surface area contributed by atoms with Crippen molar-refractivity contribution in [3.05, 3.63) is 57.5 Å². The highest BCUT2D eigenvalue weighted by Crippen LogP contribution is 2.28. The van der Waals surface area contributed by atoms with E-state index in [4.69, 9.17) is 34.7 Å². The second-order valence-corrected chi connectivity index (χ2v) is 4.62. The zero-order chi connectivity index (χ0) is 13.3. The van der Waals surface area contributed by atoms with Crippen molar-refractivity contribution in [1.29, 1.82) is 0 Å². The van der Waals surface area contributed by atoms with Crippen LogP contribution in [-0.2, 0) is 0 Å². The summed E-state index contributed by atoms with van der Waals surface area (Å²) in [5.74, 6) is -0.211. The van der Waals surface area contributed by atoms with Crippen LogP contribution in [0.5, 0.6) is 0 Å². The van der Waals surface area contributed by atoms with Crippen molar-refractivity contribution in [2.45, 2.75) is 6.04 Å². The maximum Gasteiger partial charge on any atom is 0.141 e. The molecule has 94 valence electrons. The summed E-state index contributed by atoms with van der Waals surface area (Å²) < 4.78 is 13.1. The number of aromatic nitrogens is 1. The van der Waals surface area contributed by atoms with Crippen molar-refractivity contribution in [1.82, 2.24) is 4.98 Å². The zero-order valence-corrected chi connectivity index (χ0v) is 10.7. The van der Waals surface area contributed by atoms with E-state index in [-0.39, 0.29) is 10.8 Å². The summed E-state index contributed by atoms with van der Waals surface area (Å²) in [4.78, 5) is 3.92. The van der Waals surface area contributed by atoms with Gasteiger partial charge in [-0.1, -0.05) is 29.3 Å². The van der Waals surface area contributed by atoms with E-state index in [9.17, 15) is 4.39 Å². The lowest BCUT2D eigenvalue weighted by Crippen LogP contribution is -2.14. The summed E-state index contributed by atoms with van der Waals surface area (Å²) in [6.45, 7) is 0. The van der Waals surface area contributed by atoms with E-state index in [1.165, 1.54) is 18.3 Å². The van der Waals surface area contributed by atoms with E-state index in [0.29, 0.717) is 16.1 Å². The van der Waals surface area contributed by atoms with Crippen molar-refractivity contribution in [2.24, 2.45) is 5.73 Å². The molecule has 6 heteroatoms. The highest BCUT2D eigenvalue weighted by Gasteiger charge is 2.15. The number of hydrogen-bond acceptors (Lipinski definition) is 3. The molecule has 0 saturated heterocycles. The maximum absolute atomic E-state index is 13.1. The Hall–Kier alpha value is -1.36. The van der Waals surface area contributed by atoms with Gasteiger partial charge in [-0.25, -0.2) is 9.37 Å². The number of nitrogen functional groups attached to an aromatic ring is 1. The van der Waals surface area contributed by atoms with E-state index < -0.39 is 11.9 Å². The Balaban J connectivity index is 2.44. The first-order chi connectivity index (χ1) is 8.49. The molecule has 0 spiro atoms. The highest BCUT2D eigenvalue weighted by molar-refractivity contribution is 6.31. The molecule has 1 atom stereocenters. The normalized spacial score (nSPS) is 12.4. The first-order valence-corrected chi connectivity index (χ1v) is 5.86. The molecule has 0 saturated carbocycles. The van der Waals surface area contributed by atoms with E-state index in [0.717, 1.165) is 0 Å². The van der Waals surface area contributed by atoms with Gasteiger partial charge in [-0.15, -0.1) is 0 Å². The fraction of sp³-hybridized carbons (Fsp3) is 0.0833. The largest absolute Gasteiger partial charge is 0.383 e. The summed E-state index contributed by atoms with van der Waals surface area (Å²) in [7, 11) is 0. The van der Waals surface area contributed by atoms with Crippen LogP contribution >= 0.6 is 23.2 Å². The van der Waals surface area contributed by atoms with Gasteiger partial charge in [0.05, 0.1) is 16.1 Å². The van der Waals surface area contributed by atoms with Gasteiger partial charge in [0, 0.05) is 11.8 Å². The van der Waals surface area contributed by atoms with Gasteiger partial charge in [0.2, 0.25) is 0 Å². The van der Waals surface area contributed by atoms with Gasteiger partial charge in [0.25, 0.3) is 0 Å². The second-order valence-electron chi connectivity index (χ2n) is 3.78. The maximum atomic E-state index is 13.1. The molecule has 0 bridgehead atoms. The number of rotatable bonds is 2. The summed E-state index contributed by atoms with van der Waals surface area (Å²) in [5, 5.41) is 0.444. The molecule has 18 heavy (non-hydrogen) atoms. The molecule has 0 radical (unpaired) electrons. The Morgan fingerprint density at radius 1 is 1.22 bits per heavy atom. The van der Waals surface area contributed by atoms with Crippen LogP contribution in [0.3, 0.4) is 0 Å². The van der Waals surface area contributed by atoms with Gasteiger partial charge in [-0.2, -0.15) is 0 Å². The van der Waals surface area contributed by atoms with Crippen molar-refractivity contribution in [3.8, 4) is 0 Å². The summed E-state index contributed by atoms with van der Waals surface area (Å²) in [5.41, 5.74) is 13.0. The van der Waals surface area contributed by atoms with Crippen molar-refractivity contribution in [3.63, 3.8) is 0 Å². The standard InChI is InChI=1S/C12H10Cl2FN3/c13-7-4-8(12(17)18-5-7)11(16)6-1-2-10(15)9(14)3-6/h1-5,11H,16H2,(H2,17,18). The molecule has 1 unspecified atom stereocenters. The third kappa shape index (κ3) is 2.56. The minimum atomic E-state index is -0.561. The van der Waals surface area contributed by atoms with Crippen LogP contribution in [0.2, 0.25) is 10.0 Å². The molecule has 2 aromatic rings. The third-order valence-corrected chi connectivity index (χ3v) is 3.05. The summed E-state index contributed by atoms with van der Waals surface area (Å²) in [6, 6.07) is 5.33. The summed E-state index contributed by atoms with van der Waals surface area (Å²) >= 11 is 11.6. The zero-order valence-electron chi connectivity index (χ0n) is 9.20. The van der Waals surface area contributed by atoms with Crippen LogP contribution in [0.25, 0.3) is 0 Å².